The van der Waals surface area contributed by atoms with Gasteiger partial charge in [-0.15, -0.1) is 0 Å². The van der Waals surface area contributed by atoms with Crippen LogP contribution in [0.15, 0.2) is 0 Å². The summed E-state index contributed by atoms with van der Waals surface area (Å²) in [6.07, 6.45) is 3.12. The second-order valence-corrected chi connectivity index (χ2v) is 3.73. The van der Waals surface area contributed by atoms with E-state index in [-0.39, 0.29) is 11.3 Å². The monoisotopic (exact) mass is 154 g/mol. The van der Waals surface area contributed by atoms with E-state index in [0.29, 0.717) is 5.92 Å². The van der Waals surface area contributed by atoms with E-state index in [1.165, 1.54) is 0 Å². The fourth-order valence-corrected chi connectivity index (χ4v) is 2.18. The molecule has 3 heteroatoms. The van der Waals surface area contributed by atoms with E-state index < -0.39 is 0 Å². The first kappa shape index (κ1) is 7.10. The Balaban J connectivity index is 2.10. The van der Waals surface area contributed by atoms with Gasteiger partial charge in [0.2, 0.25) is 5.91 Å². The number of rotatable bonds is 1. The number of amides is 1. The van der Waals surface area contributed by atoms with Crippen LogP contribution in [0.25, 0.3) is 0 Å². The van der Waals surface area contributed by atoms with E-state index >= 15 is 0 Å². The van der Waals surface area contributed by atoms with Gasteiger partial charge in [0, 0.05) is 0 Å². The molecule has 2 fully saturated rings. The Hall–Kier alpha value is -0.570. The molecule has 0 radical (unpaired) electrons. The lowest BCUT2D eigenvalue weighted by Gasteiger charge is -2.08. The van der Waals surface area contributed by atoms with Crippen LogP contribution in [0.5, 0.6) is 0 Å². The maximum atomic E-state index is 11.1. The highest BCUT2D eigenvalue weighted by Gasteiger charge is 2.58. The van der Waals surface area contributed by atoms with Gasteiger partial charge < -0.3 is 11.1 Å². The summed E-state index contributed by atoms with van der Waals surface area (Å²) in [5.41, 5.74) is 5.25. The van der Waals surface area contributed by atoms with Crippen LogP contribution >= 0.6 is 0 Å². The van der Waals surface area contributed by atoms with Gasteiger partial charge in [0.25, 0.3) is 0 Å². The van der Waals surface area contributed by atoms with Crippen molar-refractivity contribution in [2.24, 2.45) is 17.1 Å². The molecule has 0 aromatic carbocycles. The molecule has 0 aromatic rings. The smallest absolute Gasteiger partial charge is 0.223 e. The number of primary amides is 1. The van der Waals surface area contributed by atoms with E-state index in [4.69, 9.17) is 5.73 Å². The molecule has 11 heavy (non-hydrogen) atoms. The number of hydrogen-bond acceptors (Lipinski definition) is 2. The minimum atomic E-state index is -0.0937. The lowest BCUT2D eigenvalue weighted by atomic mass is 9.97. The molecule has 0 aromatic heterocycles. The second-order valence-electron chi connectivity index (χ2n) is 3.73. The Morgan fingerprint density at radius 1 is 1.64 bits per heavy atom. The van der Waals surface area contributed by atoms with E-state index in [0.717, 1.165) is 32.4 Å². The summed E-state index contributed by atoms with van der Waals surface area (Å²) in [4.78, 5) is 11.1. The van der Waals surface area contributed by atoms with Crippen LogP contribution in [0.1, 0.15) is 19.3 Å². The Bertz CT molecular complexity index is 193. The third-order valence-electron chi connectivity index (χ3n) is 3.09. The first-order valence-electron chi connectivity index (χ1n) is 4.26. The van der Waals surface area contributed by atoms with Crippen LogP contribution in [-0.4, -0.2) is 19.0 Å². The van der Waals surface area contributed by atoms with E-state index in [1.807, 2.05) is 0 Å². The highest BCUT2D eigenvalue weighted by atomic mass is 16.1. The first-order valence-corrected chi connectivity index (χ1v) is 4.26. The lowest BCUT2D eigenvalue weighted by molar-refractivity contribution is -0.123. The molecule has 2 aliphatic rings. The minimum absolute atomic E-state index is 0.0776. The first-order chi connectivity index (χ1) is 5.26. The van der Waals surface area contributed by atoms with Gasteiger partial charge in [0.1, 0.15) is 0 Å². The fourth-order valence-electron chi connectivity index (χ4n) is 2.18. The average molecular weight is 154 g/mol. The van der Waals surface area contributed by atoms with E-state index in [1.54, 1.807) is 0 Å². The molecule has 62 valence electrons. The van der Waals surface area contributed by atoms with Crippen molar-refractivity contribution in [2.45, 2.75) is 19.3 Å². The molecule has 1 aliphatic carbocycles. The zero-order valence-electron chi connectivity index (χ0n) is 6.60. The van der Waals surface area contributed by atoms with Crippen molar-refractivity contribution in [1.82, 2.24) is 5.32 Å². The maximum absolute atomic E-state index is 11.1. The van der Waals surface area contributed by atoms with Gasteiger partial charge in [-0.05, 0) is 38.3 Å². The Morgan fingerprint density at radius 2 is 2.45 bits per heavy atom. The molecular weight excluding hydrogens is 140 g/mol. The Labute approximate surface area is 66.3 Å². The van der Waals surface area contributed by atoms with Crippen molar-refractivity contribution in [1.29, 1.82) is 0 Å². The van der Waals surface area contributed by atoms with Crippen molar-refractivity contribution >= 4 is 5.91 Å². The van der Waals surface area contributed by atoms with Crippen molar-refractivity contribution in [3.8, 4) is 0 Å². The molecule has 1 aliphatic heterocycles. The van der Waals surface area contributed by atoms with Crippen LogP contribution in [0.3, 0.4) is 0 Å². The Morgan fingerprint density at radius 3 is 3.18 bits per heavy atom. The predicted molar refractivity (Wildman–Crippen MR) is 41.8 cm³/mol. The fraction of sp³-hybridized carbons (Fsp3) is 0.875. The zero-order valence-corrected chi connectivity index (χ0v) is 6.60. The summed E-state index contributed by atoms with van der Waals surface area (Å²) in [6.45, 7) is 2.04. The van der Waals surface area contributed by atoms with E-state index in [9.17, 15) is 4.79 Å². The summed E-state index contributed by atoms with van der Waals surface area (Å²) < 4.78 is 0. The maximum Gasteiger partial charge on any atom is 0.223 e. The summed E-state index contributed by atoms with van der Waals surface area (Å²) in [5.74, 6) is 0.466. The van der Waals surface area contributed by atoms with Crippen molar-refractivity contribution in [2.75, 3.05) is 13.1 Å². The summed E-state index contributed by atoms with van der Waals surface area (Å²) in [5, 5.41) is 3.31. The summed E-state index contributed by atoms with van der Waals surface area (Å²) in [6, 6.07) is 0. The molecule has 2 rings (SSSR count). The molecule has 1 amide bonds. The topological polar surface area (TPSA) is 55.1 Å². The van der Waals surface area contributed by atoms with E-state index in [2.05, 4.69) is 5.32 Å². The normalized spacial score (nSPS) is 42.4. The molecule has 1 heterocycles. The van der Waals surface area contributed by atoms with Gasteiger partial charge in [-0.2, -0.15) is 0 Å². The minimum Gasteiger partial charge on any atom is -0.369 e. The average Bonchev–Trinajstić information content (AvgIpc) is 2.57. The van der Waals surface area contributed by atoms with Gasteiger partial charge in [-0.1, -0.05) is 0 Å². The summed E-state index contributed by atoms with van der Waals surface area (Å²) in [7, 11) is 0. The molecule has 2 atom stereocenters. The quantitative estimate of drug-likeness (QED) is 0.552. The highest BCUT2D eigenvalue weighted by Crippen LogP contribution is 2.56. The summed E-state index contributed by atoms with van der Waals surface area (Å²) >= 11 is 0. The van der Waals surface area contributed by atoms with Crippen molar-refractivity contribution < 1.29 is 4.79 Å². The number of nitrogens with two attached hydrogens (primary N) is 1. The molecule has 0 spiro atoms. The number of hydrogen-bond donors (Lipinski definition) is 2. The van der Waals surface area contributed by atoms with Crippen LogP contribution in [-0.2, 0) is 4.79 Å². The van der Waals surface area contributed by atoms with Crippen molar-refractivity contribution in [3.63, 3.8) is 0 Å². The SMILES string of the molecule is NC(=O)C12CCCNCC1C2. The molecule has 0 bridgehead atoms. The molecule has 1 saturated heterocycles. The number of fused-ring (bicyclic) bond motifs is 1. The second kappa shape index (κ2) is 2.21. The standard InChI is InChI=1S/C8H14N2O/c9-7(11)8-2-1-3-10-5-6(8)4-8/h6,10H,1-5H2,(H2,9,11). The molecule has 3 N–H and O–H groups in total. The molecular formula is C8H14N2O. The predicted octanol–water partition coefficient (Wildman–Crippen LogP) is -0.139. The van der Waals surface area contributed by atoms with Gasteiger partial charge in [0.15, 0.2) is 0 Å². The zero-order chi connectivity index (χ0) is 7.90. The van der Waals surface area contributed by atoms with Gasteiger partial charge in [-0.3, -0.25) is 4.79 Å². The van der Waals surface area contributed by atoms with Crippen LogP contribution in [0.2, 0.25) is 0 Å². The van der Waals surface area contributed by atoms with Gasteiger partial charge in [0.05, 0.1) is 5.41 Å². The van der Waals surface area contributed by atoms with Crippen LogP contribution in [0.4, 0.5) is 0 Å². The third-order valence-corrected chi connectivity index (χ3v) is 3.09. The van der Waals surface area contributed by atoms with Crippen LogP contribution in [0, 0.1) is 11.3 Å². The largest absolute Gasteiger partial charge is 0.369 e. The third kappa shape index (κ3) is 0.948. The number of nitrogens with one attached hydrogen (secondary N) is 1. The Kier molecular flexibility index (Phi) is 1.42. The molecule has 2 unspecified atom stereocenters. The van der Waals surface area contributed by atoms with Gasteiger partial charge >= 0.3 is 0 Å². The lowest BCUT2D eigenvalue weighted by Crippen LogP contribution is -2.27. The van der Waals surface area contributed by atoms with Gasteiger partial charge in [-0.25, -0.2) is 0 Å². The van der Waals surface area contributed by atoms with Crippen LogP contribution < -0.4 is 11.1 Å². The number of carbonyl (C=O) groups is 1. The van der Waals surface area contributed by atoms with Crippen molar-refractivity contribution in [3.05, 3.63) is 0 Å². The number of carbonyl (C=O) groups excluding carboxylic acids is 1. The molecule has 3 nitrogen and oxygen atoms in total. The highest BCUT2D eigenvalue weighted by molar-refractivity contribution is 5.84. The molecule has 1 saturated carbocycles.